The molecule has 0 fully saturated rings. The Hall–Kier alpha value is -3.38. The summed E-state index contributed by atoms with van der Waals surface area (Å²) in [5, 5.41) is 12.6. The van der Waals surface area contributed by atoms with Gasteiger partial charge in [-0.15, -0.1) is 10.2 Å². The lowest BCUT2D eigenvalue weighted by Crippen LogP contribution is -2.01. The lowest BCUT2D eigenvalue weighted by atomic mass is 10.0. The summed E-state index contributed by atoms with van der Waals surface area (Å²) < 4.78 is 7.43. The molecule has 0 aliphatic heterocycles. The Balaban J connectivity index is 1.54. The SMILES string of the molecule is Cn1c(SCc2cc(=O)oc3ccc4ccccc4c23)nnc1-c1ccccc1. The van der Waals surface area contributed by atoms with Crippen LogP contribution >= 0.6 is 11.8 Å². The molecule has 5 rings (SSSR count). The summed E-state index contributed by atoms with van der Waals surface area (Å²) in [5.41, 5.74) is 2.22. The predicted octanol–water partition coefficient (Wildman–Crippen LogP) is 5.03. The Bertz CT molecular complexity index is 1390. The number of aromatic nitrogens is 3. The molecule has 2 heterocycles. The van der Waals surface area contributed by atoms with Gasteiger partial charge in [-0.25, -0.2) is 4.79 Å². The molecule has 0 unspecified atom stereocenters. The van der Waals surface area contributed by atoms with Crippen molar-refractivity contribution in [1.82, 2.24) is 14.8 Å². The van der Waals surface area contributed by atoms with Gasteiger partial charge in [-0.3, -0.25) is 0 Å². The number of thioether (sulfide) groups is 1. The van der Waals surface area contributed by atoms with Crippen LogP contribution in [0.2, 0.25) is 0 Å². The zero-order chi connectivity index (χ0) is 19.8. The van der Waals surface area contributed by atoms with E-state index in [9.17, 15) is 4.79 Å². The Morgan fingerprint density at radius 3 is 2.62 bits per heavy atom. The number of hydrogen-bond acceptors (Lipinski definition) is 5. The quantitative estimate of drug-likeness (QED) is 0.241. The van der Waals surface area contributed by atoms with E-state index in [0.29, 0.717) is 11.3 Å². The number of benzene rings is 3. The van der Waals surface area contributed by atoms with Crippen LogP contribution in [0.1, 0.15) is 5.56 Å². The van der Waals surface area contributed by atoms with Crippen molar-refractivity contribution in [2.45, 2.75) is 10.9 Å². The molecule has 0 saturated carbocycles. The lowest BCUT2D eigenvalue weighted by Gasteiger charge is -2.09. The van der Waals surface area contributed by atoms with E-state index in [-0.39, 0.29) is 5.63 Å². The maximum atomic E-state index is 12.1. The second-order valence-corrected chi connectivity index (χ2v) is 7.71. The van der Waals surface area contributed by atoms with Crippen LogP contribution in [0.3, 0.4) is 0 Å². The average molecular weight is 399 g/mol. The Labute approximate surface area is 171 Å². The summed E-state index contributed by atoms with van der Waals surface area (Å²) in [6, 6.07) is 23.5. The zero-order valence-corrected chi connectivity index (χ0v) is 16.5. The molecule has 0 N–H and O–H groups in total. The molecule has 0 radical (unpaired) electrons. The molecule has 0 spiro atoms. The largest absolute Gasteiger partial charge is 0.423 e. The van der Waals surface area contributed by atoms with E-state index in [1.54, 1.807) is 17.8 Å². The van der Waals surface area contributed by atoms with Crippen LogP contribution in [0.4, 0.5) is 0 Å². The first-order valence-electron chi connectivity index (χ1n) is 9.23. The zero-order valence-electron chi connectivity index (χ0n) is 15.7. The van der Waals surface area contributed by atoms with Gasteiger partial charge in [0.1, 0.15) is 5.58 Å². The van der Waals surface area contributed by atoms with Crippen molar-refractivity contribution in [1.29, 1.82) is 0 Å². The van der Waals surface area contributed by atoms with Crippen LogP contribution in [0.15, 0.2) is 87.2 Å². The van der Waals surface area contributed by atoms with E-state index < -0.39 is 0 Å². The molecular formula is C23H17N3O2S. The predicted molar refractivity (Wildman–Crippen MR) is 116 cm³/mol. The summed E-state index contributed by atoms with van der Waals surface area (Å²) in [6.45, 7) is 0. The number of nitrogens with zero attached hydrogens (tertiary/aromatic N) is 3. The molecule has 142 valence electrons. The van der Waals surface area contributed by atoms with E-state index in [1.165, 1.54) is 0 Å². The van der Waals surface area contributed by atoms with Gasteiger partial charge in [0.15, 0.2) is 11.0 Å². The summed E-state index contributed by atoms with van der Waals surface area (Å²) >= 11 is 1.56. The fourth-order valence-corrected chi connectivity index (χ4v) is 4.45. The minimum absolute atomic E-state index is 0.341. The highest BCUT2D eigenvalue weighted by molar-refractivity contribution is 7.98. The maximum Gasteiger partial charge on any atom is 0.336 e. The first-order valence-corrected chi connectivity index (χ1v) is 10.2. The highest BCUT2D eigenvalue weighted by Gasteiger charge is 2.14. The molecule has 0 aliphatic carbocycles. The molecule has 5 nitrogen and oxygen atoms in total. The van der Waals surface area contributed by atoms with Gasteiger partial charge in [0, 0.05) is 29.8 Å². The van der Waals surface area contributed by atoms with Crippen LogP contribution in [0.5, 0.6) is 0 Å². The van der Waals surface area contributed by atoms with Crippen molar-refractivity contribution in [3.05, 3.63) is 88.8 Å². The Kier molecular flexibility index (Phi) is 4.41. The van der Waals surface area contributed by atoms with Crippen molar-refractivity contribution < 1.29 is 4.42 Å². The van der Waals surface area contributed by atoms with E-state index in [4.69, 9.17) is 4.42 Å². The number of fused-ring (bicyclic) bond motifs is 3. The molecule has 6 heteroatoms. The molecule has 2 aromatic heterocycles. The Morgan fingerprint density at radius 2 is 1.76 bits per heavy atom. The molecule has 0 saturated heterocycles. The summed E-state index contributed by atoms with van der Waals surface area (Å²) in [4.78, 5) is 12.1. The van der Waals surface area contributed by atoms with Gasteiger partial charge in [0.25, 0.3) is 0 Å². The normalized spacial score (nSPS) is 11.3. The summed E-state index contributed by atoms with van der Waals surface area (Å²) in [5.74, 6) is 1.41. The van der Waals surface area contributed by atoms with Gasteiger partial charge in [-0.2, -0.15) is 0 Å². The van der Waals surface area contributed by atoms with Gasteiger partial charge in [0.2, 0.25) is 0 Å². The third-order valence-corrected chi connectivity index (χ3v) is 6.01. The minimum atomic E-state index is -0.341. The fraction of sp³-hybridized carbons (Fsp3) is 0.0870. The average Bonchev–Trinajstić information content (AvgIpc) is 3.12. The van der Waals surface area contributed by atoms with Gasteiger partial charge in [-0.1, -0.05) is 72.4 Å². The molecule has 29 heavy (non-hydrogen) atoms. The minimum Gasteiger partial charge on any atom is -0.423 e. The van der Waals surface area contributed by atoms with Crippen LogP contribution in [-0.2, 0) is 12.8 Å². The Morgan fingerprint density at radius 1 is 0.966 bits per heavy atom. The van der Waals surface area contributed by atoms with Gasteiger partial charge >= 0.3 is 5.63 Å². The summed E-state index contributed by atoms with van der Waals surface area (Å²) in [6.07, 6.45) is 0. The van der Waals surface area contributed by atoms with Gasteiger partial charge in [0.05, 0.1) is 0 Å². The fourth-order valence-electron chi connectivity index (χ4n) is 3.56. The molecule has 3 aromatic carbocycles. The van der Waals surface area contributed by atoms with E-state index >= 15 is 0 Å². The maximum absolute atomic E-state index is 12.1. The molecule has 5 aromatic rings. The summed E-state index contributed by atoms with van der Waals surface area (Å²) in [7, 11) is 1.96. The van der Waals surface area contributed by atoms with Crippen LogP contribution in [-0.4, -0.2) is 14.8 Å². The van der Waals surface area contributed by atoms with E-state index in [2.05, 4.69) is 22.3 Å². The van der Waals surface area contributed by atoms with Crippen molar-refractivity contribution >= 4 is 33.5 Å². The van der Waals surface area contributed by atoms with Crippen molar-refractivity contribution in [2.24, 2.45) is 7.05 Å². The topological polar surface area (TPSA) is 60.9 Å². The van der Waals surface area contributed by atoms with Crippen molar-refractivity contribution in [2.75, 3.05) is 0 Å². The highest BCUT2D eigenvalue weighted by atomic mass is 32.2. The molecular weight excluding hydrogens is 382 g/mol. The van der Waals surface area contributed by atoms with Crippen LogP contribution in [0.25, 0.3) is 33.1 Å². The molecule has 0 aliphatic rings. The van der Waals surface area contributed by atoms with Gasteiger partial charge < -0.3 is 8.98 Å². The van der Waals surface area contributed by atoms with E-state index in [1.807, 2.05) is 66.2 Å². The second kappa shape index (κ2) is 7.22. The van der Waals surface area contributed by atoms with Crippen LogP contribution in [0, 0.1) is 0 Å². The van der Waals surface area contributed by atoms with Crippen molar-refractivity contribution in [3.63, 3.8) is 0 Å². The highest BCUT2D eigenvalue weighted by Crippen LogP contribution is 2.31. The monoisotopic (exact) mass is 399 g/mol. The van der Waals surface area contributed by atoms with Crippen molar-refractivity contribution in [3.8, 4) is 11.4 Å². The first kappa shape index (κ1) is 17.7. The molecule has 0 bridgehead atoms. The standard InChI is InChI=1S/C23H17N3O2S/c1-26-22(16-8-3-2-4-9-16)24-25-23(26)29-14-17-13-20(27)28-19-12-11-15-7-5-6-10-18(15)21(17)19/h2-13H,14H2,1H3. The first-order chi connectivity index (χ1) is 14.2. The van der Waals surface area contributed by atoms with Gasteiger partial charge in [-0.05, 0) is 22.4 Å². The third-order valence-electron chi connectivity index (χ3n) is 4.94. The smallest absolute Gasteiger partial charge is 0.336 e. The number of hydrogen-bond donors (Lipinski definition) is 0. The third kappa shape index (κ3) is 3.21. The second-order valence-electron chi connectivity index (χ2n) is 6.77. The van der Waals surface area contributed by atoms with Crippen LogP contribution < -0.4 is 5.63 Å². The van der Waals surface area contributed by atoms with E-state index in [0.717, 1.165) is 38.3 Å². The number of rotatable bonds is 4. The molecule has 0 amide bonds. The molecule has 0 atom stereocenters. The lowest BCUT2D eigenvalue weighted by molar-refractivity contribution is 0.560.